The lowest BCUT2D eigenvalue weighted by atomic mass is 9.93. The Morgan fingerprint density at radius 1 is 1.09 bits per heavy atom. The predicted octanol–water partition coefficient (Wildman–Crippen LogP) is 4.32. The van der Waals surface area contributed by atoms with Gasteiger partial charge in [-0.15, -0.1) is 0 Å². The number of nitrogens with one attached hydrogen (secondary N) is 1. The zero-order valence-electron chi connectivity index (χ0n) is 18.9. The lowest BCUT2D eigenvalue weighted by Gasteiger charge is -2.37. The Bertz CT molecular complexity index is 998. The van der Waals surface area contributed by atoms with Crippen LogP contribution in [0, 0.1) is 0 Å². The van der Waals surface area contributed by atoms with Crippen molar-refractivity contribution in [3.63, 3.8) is 0 Å². The smallest absolute Gasteiger partial charge is 0.411 e. The number of hydrogen-bond donors (Lipinski definition) is 1. The summed E-state index contributed by atoms with van der Waals surface area (Å²) in [4.78, 5) is 40.0. The molecule has 2 aromatic rings. The normalized spacial score (nSPS) is 16.7. The van der Waals surface area contributed by atoms with Gasteiger partial charge in [0.05, 0.1) is 12.6 Å². The van der Waals surface area contributed by atoms with E-state index >= 15 is 0 Å². The van der Waals surface area contributed by atoms with E-state index in [0.717, 1.165) is 16.7 Å². The van der Waals surface area contributed by atoms with Crippen molar-refractivity contribution in [3.05, 3.63) is 70.2 Å². The van der Waals surface area contributed by atoms with E-state index in [1.54, 1.807) is 32.9 Å². The number of amides is 2. The molecule has 2 amide bonds. The number of Topliss-reactive ketones (excluding diaryl/α,β-unsaturated/α-hetero) is 1. The summed E-state index contributed by atoms with van der Waals surface area (Å²) >= 11 is 5.94. The lowest BCUT2D eigenvalue weighted by molar-refractivity contribution is -0.131. The van der Waals surface area contributed by atoms with Gasteiger partial charge in [-0.3, -0.25) is 14.5 Å². The van der Waals surface area contributed by atoms with Crippen LogP contribution in [0.1, 0.15) is 44.4 Å². The number of nitrogens with zero attached hydrogens (tertiary/aromatic N) is 1. The SMILES string of the molecule is CC(=O)[C@@H](Cc1ccc(Cl)cc1)NC(=O)[C@H]1Cc2ccccc2CN1C(=O)OC(C)(C)C. The molecule has 7 heteroatoms. The fourth-order valence-corrected chi connectivity index (χ4v) is 3.82. The summed E-state index contributed by atoms with van der Waals surface area (Å²) < 4.78 is 5.56. The highest BCUT2D eigenvalue weighted by Crippen LogP contribution is 2.25. The second kappa shape index (κ2) is 9.74. The van der Waals surface area contributed by atoms with E-state index in [1.807, 2.05) is 36.4 Å². The molecule has 1 aliphatic heterocycles. The molecule has 0 saturated carbocycles. The van der Waals surface area contributed by atoms with E-state index in [2.05, 4.69) is 5.32 Å². The van der Waals surface area contributed by atoms with Gasteiger partial charge in [0.1, 0.15) is 11.6 Å². The molecule has 0 radical (unpaired) electrons. The van der Waals surface area contributed by atoms with Crippen LogP contribution in [0.25, 0.3) is 0 Å². The molecule has 1 aliphatic rings. The van der Waals surface area contributed by atoms with Crippen molar-refractivity contribution in [2.45, 2.75) is 64.8 Å². The van der Waals surface area contributed by atoms with Gasteiger partial charge in [-0.2, -0.15) is 0 Å². The van der Waals surface area contributed by atoms with Crippen LogP contribution in [0.4, 0.5) is 4.79 Å². The molecule has 0 saturated heterocycles. The highest BCUT2D eigenvalue weighted by Gasteiger charge is 2.37. The van der Waals surface area contributed by atoms with E-state index in [-0.39, 0.29) is 18.2 Å². The molecule has 0 spiro atoms. The number of ketones is 1. The minimum atomic E-state index is -0.771. The summed E-state index contributed by atoms with van der Waals surface area (Å²) in [6.07, 6.45) is 0.144. The van der Waals surface area contributed by atoms with E-state index in [9.17, 15) is 14.4 Å². The maximum Gasteiger partial charge on any atom is 0.411 e. The molecule has 2 atom stereocenters. The van der Waals surface area contributed by atoms with Gasteiger partial charge in [-0.1, -0.05) is 48.0 Å². The molecule has 32 heavy (non-hydrogen) atoms. The summed E-state index contributed by atoms with van der Waals surface area (Å²) in [6, 6.07) is 13.4. The zero-order chi connectivity index (χ0) is 23.5. The van der Waals surface area contributed by atoms with Gasteiger partial charge >= 0.3 is 6.09 Å². The number of rotatable bonds is 5. The van der Waals surface area contributed by atoms with Crippen LogP contribution in [0.5, 0.6) is 0 Å². The Kier molecular flexibility index (Phi) is 7.24. The van der Waals surface area contributed by atoms with Gasteiger partial charge in [-0.05, 0) is 62.9 Å². The van der Waals surface area contributed by atoms with E-state index in [4.69, 9.17) is 16.3 Å². The number of fused-ring (bicyclic) bond motifs is 1. The summed E-state index contributed by atoms with van der Waals surface area (Å²) in [6.45, 7) is 7.08. The maximum absolute atomic E-state index is 13.3. The van der Waals surface area contributed by atoms with Crippen molar-refractivity contribution >= 4 is 29.4 Å². The number of benzene rings is 2. The predicted molar refractivity (Wildman–Crippen MR) is 123 cm³/mol. The fourth-order valence-electron chi connectivity index (χ4n) is 3.69. The second-order valence-electron chi connectivity index (χ2n) is 9.10. The van der Waals surface area contributed by atoms with Crippen molar-refractivity contribution in [1.29, 1.82) is 0 Å². The third-order valence-corrected chi connectivity index (χ3v) is 5.59. The van der Waals surface area contributed by atoms with Crippen LogP contribution < -0.4 is 5.32 Å². The number of carbonyl (C=O) groups is 3. The molecule has 3 rings (SSSR count). The second-order valence-corrected chi connectivity index (χ2v) is 9.54. The van der Waals surface area contributed by atoms with Gasteiger partial charge in [-0.25, -0.2) is 4.79 Å². The summed E-state index contributed by atoms with van der Waals surface area (Å²) in [5.74, 6) is -0.534. The van der Waals surface area contributed by atoms with Gasteiger partial charge in [0.2, 0.25) is 5.91 Å². The molecule has 1 heterocycles. The fraction of sp³-hybridized carbons (Fsp3) is 0.400. The number of carbonyl (C=O) groups excluding carboxylic acids is 3. The van der Waals surface area contributed by atoms with Crippen LogP contribution in [0.15, 0.2) is 48.5 Å². The molecule has 0 bridgehead atoms. The first-order valence-electron chi connectivity index (χ1n) is 10.6. The van der Waals surface area contributed by atoms with E-state index in [1.165, 1.54) is 11.8 Å². The molecule has 2 aromatic carbocycles. The summed E-state index contributed by atoms with van der Waals surface area (Å²) in [5.41, 5.74) is 2.18. The zero-order valence-corrected chi connectivity index (χ0v) is 19.6. The Morgan fingerprint density at radius 3 is 2.31 bits per heavy atom. The largest absolute Gasteiger partial charge is 0.444 e. The average Bonchev–Trinajstić information content (AvgIpc) is 2.72. The minimum Gasteiger partial charge on any atom is -0.444 e. The highest BCUT2D eigenvalue weighted by atomic mass is 35.5. The van der Waals surface area contributed by atoms with Gasteiger partial charge < -0.3 is 10.1 Å². The monoisotopic (exact) mass is 456 g/mol. The third-order valence-electron chi connectivity index (χ3n) is 5.34. The van der Waals surface area contributed by atoms with Crippen LogP contribution in [-0.2, 0) is 33.7 Å². The molecule has 0 fully saturated rings. The Labute approximate surface area is 193 Å². The minimum absolute atomic E-state index is 0.159. The van der Waals surface area contributed by atoms with Crippen LogP contribution in [0.2, 0.25) is 5.02 Å². The number of halogens is 1. The van der Waals surface area contributed by atoms with Gasteiger partial charge in [0.15, 0.2) is 5.78 Å². The molecule has 0 unspecified atom stereocenters. The van der Waals surface area contributed by atoms with E-state index < -0.39 is 23.8 Å². The van der Waals surface area contributed by atoms with Crippen LogP contribution >= 0.6 is 11.6 Å². The Balaban J connectivity index is 1.82. The number of hydrogen-bond acceptors (Lipinski definition) is 4. The first kappa shape index (κ1) is 23.8. The molecule has 0 aliphatic carbocycles. The topological polar surface area (TPSA) is 75.7 Å². The van der Waals surface area contributed by atoms with Crippen molar-refractivity contribution < 1.29 is 19.1 Å². The molecule has 6 nitrogen and oxygen atoms in total. The van der Waals surface area contributed by atoms with Crippen LogP contribution in [-0.4, -0.2) is 40.4 Å². The number of ether oxygens (including phenoxy) is 1. The lowest BCUT2D eigenvalue weighted by Crippen LogP contribution is -2.56. The quantitative estimate of drug-likeness (QED) is 0.727. The van der Waals surface area contributed by atoms with Crippen molar-refractivity contribution in [2.24, 2.45) is 0 Å². The Morgan fingerprint density at radius 2 is 1.72 bits per heavy atom. The highest BCUT2D eigenvalue weighted by molar-refractivity contribution is 6.30. The first-order chi connectivity index (χ1) is 15.0. The van der Waals surface area contributed by atoms with E-state index in [0.29, 0.717) is 17.9 Å². The van der Waals surface area contributed by atoms with Crippen molar-refractivity contribution in [2.75, 3.05) is 0 Å². The van der Waals surface area contributed by atoms with Crippen molar-refractivity contribution in [1.82, 2.24) is 10.2 Å². The molecule has 1 N–H and O–H groups in total. The maximum atomic E-state index is 13.3. The van der Waals surface area contributed by atoms with Gasteiger partial charge in [0.25, 0.3) is 0 Å². The summed E-state index contributed by atoms with van der Waals surface area (Å²) in [7, 11) is 0. The summed E-state index contributed by atoms with van der Waals surface area (Å²) in [5, 5.41) is 3.46. The molecular formula is C25H29ClN2O4. The van der Waals surface area contributed by atoms with Crippen molar-refractivity contribution in [3.8, 4) is 0 Å². The van der Waals surface area contributed by atoms with Crippen LogP contribution in [0.3, 0.4) is 0 Å². The Hall–Kier alpha value is -2.86. The third kappa shape index (κ3) is 6.10. The molecule has 170 valence electrons. The first-order valence-corrected chi connectivity index (χ1v) is 11.0. The molecular weight excluding hydrogens is 428 g/mol. The standard InChI is InChI=1S/C25H29ClN2O4/c1-16(29)21(13-17-9-11-20(26)12-10-17)27-23(30)22-14-18-7-5-6-8-19(18)15-28(22)24(31)32-25(2,3)4/h5-12,21-22H,13-15H2,1-4H3,(H,27,30)/t21-,22-/m1/s1. The average molecular weight is 457 g/mol. The van der Waals surface area contributed by atoms with Gasteiger partial charge in [0, 0.05) is 11.4 Å². The molecule has 0 aromatic heterocycles.